The zero-order chi connectivity index (χ0) is 23.2. The Morgan fingerprint density at radius 3 is 2.55 bits per heavy atom. The van der Waals surface area contributed by atoms with Gasteiger partial charge in [-0.3, -0.25) is 0 Å². The van der Waals surface area contributed by atoms with Crippen LogP contribution in [0.1, 0.15) is 62.7 Å². The number of allylic oxidation sites excluding steroid dienone is 1. The number of fused-ring (bicyclic) bond motifs is 1. The molecule has 2 aromatic rings. The first kappa shape index (κ1) is 23.7. The van der Waals surface area contributed by atoms with Crippen LogP contribution in [0.15, 0.2) is 66.7 Å². The molecule has 1 aliphatic heterocycles. The molecule has 0 amide bonds. The van der Waals surface area contributed by atoms with Crippen molar-refractivity contribution in [3.8, 4) is 11.1 Å². The predicted octanol–water partition coefficient (Wildman–Crippen LogP) is 6.40. The van der Waals surface area contributed by atoms with Gasteiger partial charge in [0.25, 0.3) is 0 Å². The highest BCUT2D eigenvalue weighted by Gasteiger charge is 2.49. The van der Waals surface area contributed by atoms with Crippen LogP contribution in [0.2, 0.25) is 0 Å². The van der Waals surface area contributed by atoms with Crippen molar-refractivity contribution < 1.29 is 19.4 Å². The predicted molar refractivity (Wildman–Crippen MR) is 131 cm³/mol. The number of unbranched alkanes of at least 4 members (excludes halogenated alkanes) is 2. The lowest BCUT2D eigenvalue weighted by Gasteiger charge is -2.22. The van der Waals surface area contributed by atoms with Crippen LogP contribution in [-0.4, -0.2) is 29.6 Å². The minimum atomic E-state index is -0.708. The second-order valence-electron chi connectivity index (χ2n) is 9.59. The molecule has 0 spiro atoms. The van der Waals surface area contributed by atoms with Crippen LogP contribution in [0.4, 0.5) is 0 Å². The van der Waals surface area contributed by atoms with Crippen LogP contribution < -0.4 is 0 Å². The van der Waals surface area contributed by atoms with Crippen LogP contribution >= 0.6 is 0 Å². The van der Waals surface area contributed by atoms with Gasteiger partial charge >= 0.3 is 5.97 Å². The van der Waals surface area contributed by atoms with Gasteiger partial charge in [0, 0.05) is 18.8 Å². The van der Waals surface area contributed by atoms with Crippen molar-refractivity contribution in [2.24, 2.45) is 17.8 Å². The minimum Gasteiger partial charge on any atom is -0.458 e. The summed E-state index contributed by atoms with van der Waals surface area (Å²) in [7, 11) is 0. The van der Waals surface area contributed by atoms with Gasteiger partial charge in [0.2, 0.25) is 0 Å². The van der Waals surface area contributed by atoms with Crippen LogP contribution in [0, 0.1) is 17.8 Å². The molecular formula is C29H36O4. The molecule has 2 aliphatic rings. The first-order valence-corrected chi connectivity index (χ1v) is 12.4. The Hall–Kier alpha value is -2.43. The van der Waals surface area contributed by atoms with Gasteiger partial charge < -0.3 is 14.6 Å². The highest BCUT2D eigenvalue weighted by atomic mass is 16.6. The van der Waals surface area contributed by atoms with Crippen molar-refractivity contribution in [1.82, 2.24) is 0 Å². The van der Waals surface area contributed by atoms with Gasteiger partial charge in [0.05, 0.1) is 11.7 Å². The third-order valence-corrected chi connectivity index (χ3v) is 7.08. The number of aliphatic hydroxyl groups excluding tert-OH is 1. The quantitative estimate of drug-likeness (QED) is 0.274. The topological polar surface area (TPSA) is 55.8 Å². The number of hydrogen-bond donors (Lipinski definition) is 1. The maximum atomic E-state index is 13.0. The highest BCUT2D eigenvalue weighted by molar-refractivity contribution is 5.90. The fourth-order valence-electron chi connectivity index (χ4n) is 5.20. The average molecular weight is 449 g/mol. The van der Waals surface area contributed by atoms with Gasteiger partial charge in [-0.05, 0) is 41.5 Å². The SMILES string of the molecule is CCCCCC(C)/C=C/[C@@H]1[C@H]2CC(O)O[C@H]2C[C@H]1OC(=O)c1ccc(-c2ccccc2)cc1. The van der Waals surface area contributed by atoms with Crippen LogP contribution in [0.25, 0.3) is 11.1 Å². The maximum Gasteiger partial charge on any atom is 0.338 e. The molecule has 2 fully saturated rings. The standard InChI is InChI=1S/C29H36O4/c1-3-4-6-9-20(2)12-17-24-25-18-28(30)32-27(25)19-26(24)33-29(31)23-15-13-22(14-16-23)21-10-7-5-8-11-21/h5,7-8,10-17,20,24-28,30H,3-4,6,9,18-19H2,1-2H3/b17-12+/t20?,24-,25-,26-,27+,28?/m1/s1. The third kappa shape index (κ3) is 5.93. The second-order valence-corrected chi connectivity index (χ2v) is 9.59. The molecule has 33 heavy (non-hydrogen) atoms. The van der Waals surface area contributed by atoms with E-state index in [1.54, 1.807) is 0 Å². The van der Waals surface area contributed by atoms with Crippen molar-refractivity contribution >= 4 is 5.97 Å². The number of aliphatic hydroxyl groups is 1. The van der Waals surface area contributed by atoms with Crippen molar-refractivity contribution in [3.63, 3.8) is 0 Å². The first-order chi connectivity index (χ1) is 16.0. The fraction of sp³-hybridized carbons (Fsp3) is 0.483. The van der Waals surface area contributed by atoms with E-state index in [9.17, 15) is 9.90 Å². The normalized spacial score (nSPS) is 27.5. The summed E-state index contributed by atoms with van der Waals surface area (Å²) in [6, 6.07) is 17.7. The molecule has 4 nitrogen and oxygen atoms in total. The molecule has 4 rings (SSSR count). The molecule has 2 unspecified atom stereocenters. The Morgan fingerprint density at radius 2 is 1.82 bits per heavy atom. The van der Waals surface area contributed by atoms with E-state index in [0.29, 0.717) is 24.3 Å². The van der Waals surface area contributed by atoms with Gasteiger partial charge in [-0.25, -0.2) is 4.79 Å². The third-order valence-electron chi connectivity index (χ3n) is 7.08. The van der Waals surface area contributed by atoms with Crippen molar-refractivity contribution in [2.45, 2.75) is 70.9 Å². The van der Waals surface area contributed by atoms with Crippen molar-refractivity contribution in [1.29, 1.82) is 0 Å². The highest BCUT2D eigenvalue weighted by Crippen LogP contribution is 2.45. The number of carbonyl (C=O) groups excluding carboxylic acids is 1. The Morgan fingerprint density at radius 1 is 1.09 bits per heavy atom. The number of benzene rings is 2. The summed E-state index contributed by atoms with van der Waals surface area (Å²) >= 11 is 0. The molecule has 1 aliphatic carbocycles. The molecule has 1 saturated carbocycles. The molecule has 6 atom stereocenters. The first-order valence-electron chi connectivity index (χ1n) is 12.4. The van der Waals surface area contributed by atoms with E-state index >= 15 is 0 Å². The lowest BCUT2D eigenvalue weighted by Crippen LogP contribution is -2.25. The summed E-state index contributed by atoms with van der Waals surface area (Å²) in [5.41, 5.74) is 2.75. The molecule has 0 aromatic heterocycles. The Balaban J connectivity index is 1.42. The number of ether oxygens (including phenoxy) is 2. The van der Waals surface area contributed by atoms with Gasteiger partial charge in [0.1, 0.15) is 6.10 Å². The fourth-order valence-corrected chi connectivity index (χ4v) is 5.20. The summed E-state index contributed by atoms with van der Waals surface area (Å²) in [4.78, 5) is 13.0. The molecule has 1 saturated heterocycles. The van der Waals surface area contributed by atoms with Crippen LogP contribution in [0.3, 0.4) is 0 Å². The second kappa shape index (κ2) is 11.1. The average Bonchev–Trinajstić information content (AvgIpc) is 3.33. The Bertz CT molecular complexity index is 920. The van der Waals surface area contributed by atoms with E-state index < -0.39 is 6.29 Å². The number of carbonyl (C=O) groups is 1. The van der Waals surface area contributed by atoms with Gasteiger partial charge in [-0.15, -0.1) is 0 Å². The molecule has 2 aromatic carbocycles. The van der Waals surface area contributed by atoms with E-state index in [4.69, 9.17) is 9.47 Å². The molecule has 0 radical (unpaired) electrons. The van der Waals surface area contributed by atoms with E-state index in [0.717, 1.165) is 11.1 Å². The molecule has 4 heteroatoms. The summed E-state index contributed by atoms with van der Waals surface area (Å²) in [5.74, 6) is 0.463. The zero-order valence-corrected chi connectivity index (χ0v) is 19.7. The summed E-state index contributed by atoms with van der Waals surface area (Å²) in [6.45, 7) is 4.46. The van der Waals surface area contributed by atoms with E-state index in [2.05, 4.69) is 38.1 Å². The van der Waals surface area contributed by atoms with Gasteiger partial charge in [-0.1, -0.05) is 87.7 Å². The number of esters is 1. The van der Waals surface area contributed by atoms with E-state index in [1.165, 1.54) is 25.7 Å². The van der Waals surface area contributed by atoms with Crippen LogP contribution in [0.5, 0.6) is 0 Å². The zero-order valence-electron chi connectivity index (χ0n) is 19.7. The lowest BCUT2D eigenvalue weighted by molar-refractivity contribution is -0.0955. The Kier molecular flexibility index (Phi) is 8.00. The smallest absolute Gasteiger partial charge is 0.338 e. The van der Waals surface area contributed by atoms with E-state index in [-0.39, 0.29) is 30.0 Å². The van der Waals surface area contributed by atoms with Crippen molar-refractivity contribution in [3.05, 3.63) is 72.3 Å². The molecule has 0 bridgehead atoms. The number of rotatable bonds is 9. The van der Waals surface area contributed by atoms with Gasteiger partial charge in [0.15, 0.2) is 6.29 Å². The van der Waals surface area contributed by atoms with Crippen molar-refractivity contribution in [2.75, 3.05) is 0 Å². The monoisotopic (exact) mass is 448 g/mol. The summed E-state index contributed by atoms with van der Waals surface area (Å²) < 4.78 is 11.7. The number of hydrogen-bond acceptors (Lipinski definition) is 4. The van der Waals surface area contributed by atoms with E-state index in [1.807, 2.05) is 42.5 Å². The lowest BCUT2D eigenvalue weighted by atomic mass is 9.90. The minimum absolute atomic E-state index is 0.0525. The molecular weight excluding hydrogens is 412 g/mol. The van der Waals surface area contributed by atoms with Gasteiger partial charge in [-0.2, -0.15) is 0 Å². The molecule has 176 valence electrons. The van der Waals surface area contributed by atoms with Crippen LogP contribution in [-0.2, 0) is 9.47 Å². The maximum absolute atomic E-state index is 13.0. The largest absolute Gasteiger partial charge is 0.458 e. The Labute approximate surface area is 197 Å². The summed E-state index contributed by atoms with van der Waals surface area (Å²) in [5, 5.41) is 9.99. The molecule has 1 N–H and O–H groups in total. The summed E-state index contributed by atoms with van der Waals surface area (Å²) in [6.07, 6.45) is 9.62. The molecule has 1 heterocycles.